The number of nitrogens with one attached hydrogen (secondary N) is 1. The fourth-order valence-corrected chi connectivity index (χ4v) is 2.75. The van der Waals surface area contributed by atoms with Gasteiger partial charge in [-0.3, -0.25) is 0 Å². The second kappa shape index (κ2) is 5.53. The third kappa shape index (κ3) is 3.20. The van der Waals surface area contributed by atoms with E-state index in [0.29, 0.717) is 5.69 Å². The maximum atomic E-state index is 5.86. The Kier molecular flexibility index (Phi) is 4.00. The van der Waals surface area contributed by atoms with Crippen LogP contribution in [0.1, 0.15) is 11.1 Å². The van der Waals surface area contributed by atoms with Crippen LogP contribution in [-0.4, -0.2) is 7.11 Å². The van der Waals surface area contributed by atoms with Gasteiger partial charge in [0.25, 0.3) is 0 Å². The highest BCUT2D eigenvalue weighted by atomic mass is 79.9. The van der Waals surface area contributed by atoms with Gasteiger partial charge in [0.2, 0.25) is 0 Å². The van der Waals surface area contributed by atoms with E-state index in [-0.39, 0.29) is 0 Å². The molecule has 0 aliphatic rings. The molecule has 3 N–H and O–H groups in total. The number of aryl methyl sites for hydroxylation is 2. The van der Waals surface area contributed by atoms with Crippen LogP contribution in [-0.2, 0) is 0 Å². The molecule has 2 aromatic rings. The molecule has 0 aromatic heterocycles. The number of halogens is 1. The monoisotopic (exact) mass is 320 g/mol. The molecule has 2 aromatic carbocycles. The highest BCUT2D eigenvalue weighted by Gasteiger charge is 2.06. The largest absolute Gasteiger partial charge is 0.497 e. The van der Waals surface area contributed by atoms with Crippen molar-refractivity contribution in [2.45, 2.75) is 13.8 Å². The van der Waals surface area contributed by atoms with Crippen LogP contribution in [0.15, 0.2) is 34.8 Å². The summed E-state index contributed by atoms with van der Waals surface area (Å²) in [6.07, 6.45) is 0. The summed E-state index contributed by atoms with van der Waals surface area (Å²) in [7, 11) is 1.63. The van der Waals surface area contributed by atoms with Gasteiger partial charge in [0.15, 0.2) is 0 Å². The lowest BCUT2D eigenvalue weighted by molar-refractivity contribution is 0.415. The molecule has 0 aliphatic carbocycles. The van der Waals surface area contributed by atoms with Crippen molar-refractivity contribution < 1.29 is 4.74 Å². The lowest BCUT2D eigenvalue weighted by Crippen LogP contribution is -1.98. The van der Waals surface area contributed by atoms with Crippen molar-refractivity contribution in [1.29, 1.82) is 0 Å². The molecule has 0 amide bonds. The van der Waals surface area contributed by atoms with Gasteiger partial charge in [-0.05, 0) is 43.2 Å². The number of rotatable bonds is 3. The minimum Gasteiger partial charge on any atom is -0.497 e. The first-order valence-electron chi connectivity index (χ1n) is 5.98. The zero-order chi connectivity index (χ0) is 14.0. The number of ether oxygens (including phenoxy) is 1. The Balaban J connectivity index is 2.39. The molecule has 0 aliphatic heterocycles. The topological polar surface area (TPSA) is 47.3 Å². The van der Waals surface area contributed by atoms with Crippen LogP contribution >= 0.6 is 15.9 Å². The molecule has 0 atom stereocenters. The van der Waals surface area contributed by atoms with Gasteiger partial charge >= 0.3 is 0 Å². The third-order valence-corrected chi connectivity index (χ3v) is 3.39. The molecular weight excluding hydrogens is 304 g/mol. The predicted octanol–water partition coefficient (Wildman–Crippen LogP) is 4.40. The quantitative estimate of drug-likeness (QED) is 0.824. The summed E-state index contributed by atoms with van der Waals surface area (Å²) in [6, 6.07) is 9.78. The Morgan fingerprint density at radius 2 is 1.68 bits per heavy atom. The van der Waals surface area contributed by atoms with E-state index in [1.165, 1.54) is 11.1 Å². The SMILES string of the molecule is COc1cc(N)cc(Nc2c(C)cc(Br)cc2C)c1. The van der Waals surface area contributed by atoms with Crippen LogP contribution in [0.5, 0.6) is 5.75 Å². The van der Waals surface area contributed by atoms with Crippen LogP contribution in [0.25, 0.3) is 0 Å². The second-order valence-electron chi connectivity index (χ2n) is 4.53. The Morgan fingerprint density at radius 1 is 1.05 bits per heavy atom. The molecule has 0 fully saturated rings. The van der Waals surface area contributed by atoms with E-state index in [4.69, 9.17) is 10.5 Å². The molecule has 0 saturated heterocycles. The van der Waals surface area contributed by atoms with Crippen molar-refractivity contribution in [1.82, 2.24) is 0 Å². The van der Waals surface area contributed by atoms with E-state index in [2.05, 4.69) is 47.2 Å². The van der Waals surface area contributed by atoms with Crippen molar-refractivity contribution in [3.8, 4) is 5.75 Å². The van der Waals surface area contributed by atoms with Gasteiger partial charge < -0.3 is 15.8 Å². The van der Waals surface area contributed by atoms with Crippen LogP contribution in [0.2, 0.25) is 0 Å². The Labute approximate surface area is 121 Å². The van der Waals surface area contributed by atoms with Gasteiger partial charge in [-0.25, -0.2) is 0 Å². The van der Waals surface area contributed by atoms with E-state index in [1.807, 2.05) is 12.1 Å². The van der Waals surface area contributed by atoms with Crippen molar-refractivity contribution in [3.63, 3.8) is 0 Å². The zero-order valence-corrected chi connectivity index (χ0v) is 12.8. The highest BCUT2D eigenvalue weighted by Crippen LogP contribution is 2.30. The average molecular weight is 321 g/mol. The normalized spacial score (nSPS) is 10.3. The van der Waals surface area contributed by atoms with Crippen LogP contribution in [0, 0.1) is 13.8 Å². The molecule has 0 heterocycles. The van der Waals surface area contributed by atoms with Gasteiger partial charge in [-0.2, -0.15) is 0 Å². The average Bonchev–Trinajstić information content (AvgIpc) is 2.33. The second-order valence-corrected chi connectivity index (χ2v) is 5.45. The van der Waals surface area contributed by atoms with E-state index in [0.717, 1.165) is 21.6 Å². The molecular formula is C15H17BrN2O. The number of nitrogen functional groups attached to an aromatic ring is 1. The predicted molar refractivity (Wildman–Crippen MR) is 84.3 cm³/mol. The number of hydrogen-bond donors (Lipinski definition) is 2. The van der Waals surface area contributed by atoms with Crippen molar-refractivity contribution in [2.24, 2.45) is 0 Å². The summed E-state index contributed by atoms with van der Waals surface area (Å²) in [5, 5.41) is 3.40. The summed E-state index contributed by atoms with van der Waals surface area (Å²) in [4.78, 5) is 0. The van der Waals surface area contributed by atoms with Crippen molar-refractivity contribution in [3.05, 3.63) is 45.9 Å². The highest BCUT2D eigenvalue weighted by molar-refractivity contribution is 9.10. The van der Waals surface area contributed by atoms with Crippen LogP contribution < -0.4 is 15.8 Å². The van der Waals surface area contributed by atoms with Gasteiger partial charge in [0, 0.05) is 33.7 Å². The molecule has 100 valence electrons. The lowest BCUT2D eigenvalue weighted by Gasteiger charge is -2.14. The molecule has 0 saturated carbocycles. The first kappa shape index (κ1) is 13.7. The maximum Gasteiger partial charge on any atom is 0.122 e. The summed E-state index contributed by atoms with van der Waals surface area (Å²) >= 11 is 3.50. The number of nitrogens with two attached hydrogens (primary N) is 1. The molecule has 4 heteroatoms. The fourth-order valence-electron chi connectivity index (χ4n) is 2.06. The molecule has 0 spiro atoms. The van der Waals surface area contributed by atoms with Crippen LogP contribution in [0.4, 0.5) is 17.1 Å². The molecule has 19 heavy (non-hydrogen) atoms. The summed E-state index contributed by atoms with van der Waals surface area (Å²) in [5.74, 6) is 0.745. The smallest absolute Gasteiger partial charge is 0.122 e. The Hall–Kier alpha value is -1.68. The Bertz CT molecular complexity index is 588. The van der Waals surface area contributed by atoms with Gasteiger partial charge in [-0.1, -0.05) is 15.9 Å². The number of methoxy groups -OCH3 is 1. The molecule has 0 radical (unpaired) electrons. The number of anilines is 3. The van der Waals surface area contributed by atoms with Gasteiger partial charge in [0.05, 0.1) is 7.11 Å². The first-order chi connectivity index (χ1) is 8.99. The third-order valence-electron chi connectivity index (χ3n) is 2.93. The van der Waals surface area contributed by atoms with Crippen molar-refractivity contribution >= 4 is 33.0 Å². The van der Waals surface area contributed by atoms with E-state index in [1.54, 1.807) is 13.2 Å². The molecule has 0 bridgehead atoms. The zero-order valence-electron chi connectivity index (χ0n) is 11.3. The maximum absolute atomic E-state index is 5.86. The fraction of sp³-hybridized carbons (Fsp3) is 0.200. The molecule has 0 unspecified atom stereocenters. The summed E-state index contributed by atoms with van der Waals surface area (Å²) in [5.41, 5.74) is 10.9. The number of hydrogen-bond acceptors (Lipinski definition) is 3. The summed E-state index contributed by atoms with van der Waals surface area (Å²) in [6.45, 7) is 4.15. The minimum atomic E-state index is 0.675. The molecule has 2 rings (SSSR count). The van der Waals surface area contributed by atoms with Gasteiger partial charge in [0.1, 0.15) is 5.75 Å². The standard InChI is InChI=1S/C15H17BrN2O/c1-9-4-11(16)5-10(2)15(9)18-13-6-12(17)7-14(8-13)19-3/h4-8,18H,17H2,1-3H3. The lowest BCUT2D eigenvalue weighted by atomic mass is 10.1. The number of benzene rings is 2. The minimum absolute atomic E-state index is 0.675. The molecule has 3 nitrogen and oxygen atoms in total. The summed E-state index contributed by atoms with van der Waals surface area (Å²) < 4.78 is 6.31. The van der Waals surface area contributed by atoms with E-state index in [9.17, 15) is 0 Å². The van der Waals surface area contributed by atoms with Crippen molar-refractivity contribution in [2.75, 3.05) is 18.2 Å². The van der Waals surface area contributed by atoms with Gasteiger partial charge in [-0.15, -0.1) is 0 Å². The van der Waals surface area contributed by atoms with Crippen LogP contribution in [0.3, 0.4) is 0 Å². The first-order valence-corrected chi connectivity index (χ1v) is 6.77. The van der Waals surface area contributed by atoms with E-state index >= 15 is 0 Å². The van der Waals surface area contributed by atoms with E-state index < -0.39 is 0 Å². The Morgan fingerprint density at radius 3 is 2.26 bits per heavy atom.